The molecule has 0 radical (unpaired) electrons. The highest BCUT2D eigenvalue weighted by molar-refractivity contribution is 5.79. The van der Waals surface area contributed by atoms with Crippen molar-refractivity contribution in [1.29, 1.82) is 0 Å². The van der Waals surface area contributed by atoms with Crippen molar-refractivity contribution in [2.45, 2.75) is 44.2 Å². The fourth-order valence-electron chi connectivity index (χ4n) is 2.34. The molecule has 4 heteroatoms. The van der Waals surface area contributed by atoms with Crippen LogP contribution in [0.2, 0.25) is 0 Å². The Hall–Kier alpha value is -1.55. The number of hydrogen-bond acceptors (Lipinski definition) is 4. The number of rotatable bonds is 5. The Bertz CT molecular complexity index is 388. The van der Waals surface area contributed by atoms with Gasteiger partial charge in [-0.3, -0.25) is 0 Å². The Labute approximate surface area is 113 Å². The molecule has 2 rings (SSSR count). The lowest BCUT2D eigenvalue weighted by atomic mass is 9.98. The smallest absolute Gasteiger partial charge is 0.331 e. The van der Waals surface area contributed by atoms with E-state index in [1.807, 2.05) is 30.3 Å². The summed E-state index contributed by atoms with van der Waals surface area (Å²) in [7, 11) is 0. The van der Waals surface area contributed by atoms with Gasteiger partial charge in [0, 0.05) is 5.69 Å². The van der Waals surface area contributed by atoms with Crippen LogP contribution in [0.15, 0.2) is 30.3 Å². The Balaban J connectivity index is 1.87. The van der Waals surface area contributed by atoms with Gasteiger partial charge in [0.2, 0.25) is 0 Å². The van der Waals surface area contributed by atoms with Gasteiger partial charge in [-0.05, 0) is 37.8 Å². The van der Waals surface area contributed by atoms with E-state index >= 15 is 0 Å². The van der Waals surface area contributed by atoms with Crippen LogP contribution in [0, 0.1) is 0 Å². The molecule has 4 nitrogen and oxygen atoms in total. The SMILES string of the molecule is O=C(OC1CCCCC1)[C@H](CO)Nc1ccccc1. The number of anilines is 1. The molecule has 1 aromatic carbocycles. The zero-order valence-corrected chi connectivity index (χ0v) is 11.0. The zero-order valence-electron chi connectivity index (χ0n) is 11.0. The number of carbonyl (C=O) groups excluding carboxylic acids is 1. The first-order valence-corrected chi connectivity index (χ1v) is 6.92. The van der Waals surface area contributed by atoms with Gasteiger partial charge >= 0.3 is 5.97 Å². The summed E-state index contributed by atoms with van der Waals surface area (Å²) in [6.45, 7) is -0.263. The summed E-state index contributed by atoms with van der Waals surface area (Å²) in [5.41, 5.74) is 0.808. The van der Waals surface area contributed by atoms with E-state index in [0.717, 1.165) is 31.4 Å². The molecule has 0 aliphatic heterocycles. The topological polar surface area (TPSA) is 58.6 Å². The Kier molecular flexibility index (Phi) is 5.21. The average molecular weight is 263 g/mol. The normalized spacial score (nSPS) is 17.7. The van der Waals surface area contributed by atoms with E-state index in [0.29, 0.717) is 0 Å². The van der Waals surface area contributed by atoms with Gasteiger partial charge in [-0.2, -0.15) is 0 Å². The number of nitrogens with one attached hydrogen (secondary N) is 1. The molecule has 0 heterocycles. The van der Waals surface area contributed by atoms with E-state index < -0.39 is 6.04 Å². The summed E-state index contributed by atoms with van der Waals surface area (Å²) in [5, 5.41) is 12.3. The minimum atomic E-state index is -0.690. The standard InChI is InChI=1S/C15H21NO3/c17-11-14(16-12-7-3-1-4-8-12)15(18)19-13-9-5-2-6-10-13/h1,3-4,7-8,13-14,16-17H,2,5-6,9-11H2/t14-/m0/s1. The van der Waals surface area contributed by atoms with Crippen molar-refractivity contribution >= 4 is 11.7 Å². The predicted molar refractivity (Wildman–Crippen MR) is 73.9 cm³/mol. The molecule has 0 amide bonds. The van der Waals surface area contributed by atoms with Gasteiger partial charge in [-0.1, -0.05) is 24.6 Å². The van der Waals surface area contributed by atoms with Crippen molar-refractivity contribution in [3.8, 4) is 0 Å². The number of benzene rings is 1. The number of para-hydroxylation sites is 1. The fourth-order valence-corrected chi connectivity index (χ4v) is 2.34. The van der Waals surface area contributed by atoms with Gasteiger partial charge in [-0.25, -0.2) is 4.79 Å². The number of ether oxygens (including phenoxy) is 1. The van der Waals surface area contributed by atoms with Gasteiger partial charge < -0.3 is 15.2 Å². The molecule has 1 aliphatic carbocycles. The third-order valence-electron chi connectivity index (χ3n) is 3.42. The largest absolute Gasteiger partial charge is 0.461 e. The van der Waals surface area contributed by atoms with Gasteiger partial charge in [-0.15, -0.1) is 0 Å². The molecule has 0 spiro atoms. The first-order valence-electron chi connectivity index (χ1n) is 6.92. The molecular formula is C15H21NO3. The highest BCUT2D eigenvalue weighted by atomic mass is 16.5. The molecule has 1 aliphatic rings. The molecule has 1 saturated carbocycles. The lowest BCUT2D eigenvalue weighted by Gasteiger charge is -2.24. The van der Waals surface area contributed by atoms with Crippen LogP contribution >= 0.6 is 0 Å². The van der Waals surface area contributed by atoms with Crippen LogP contribution in [0.25, 0.3) is 0 Å². The molecule has 0 unspecified atom stereocenters. The zero-order chi connectivity index (χ0) is 13.5. The minimum absolute atomic E-state index is 0.0212. The summed E-state index contributed by atoms with van der Waals surface area (Å²) >= 11 is 0. The molecule has 1 atom stereocenters. The summed E-state index contributed by atoms with van der Waals surface area (Å²) in [4.78, 5) is 12.0. The monoisotopic (exact) mass is 263 g/mol. The maximum absolute atomic E-state index is 12.0. The van der Waals surface area contributed by atoms with Crippen LogP contribution < -0.4 is 5.32 Å². The number of aliphatic hydroxyl groups is 1. The molecule has 19 heavy (non-hydrogen) atoms. The van der Waals surface area contributed by atoms with E-state index in [9.17, 15) is 9.90 Å². The minimum Gasteiger partial charge on any atom is -0.461 e. The van der Waals surface area contributed by atoms with Gasteiger partial charge in [0.15, 0.2) is 0 Å². The lowest BCUT2D eigenvalue weighted by molar-refractivity contribution is -0.152. The molecule has 2 N–H and O–H groups in total. The van der Waals surface area contributed by atoms with Crippen molar-refractivity contribution < 1.29 is 14.6 Å². The Morgan fingerprint density at radius 1 is 1.26 bits per heavy atom. The van der Waals surface area contributed by atoms with E-state index in [4.69, 9.17) is 4.74 Å². The predicted octanol–water partition coefficient (Wildman–Crippen LogP) is 2.34. The molecule has 0 saturated heterocycles. The maximum atomic E-state index is 12.0. The van der Waals surface area contributed by atoms with Gasteiger partial charge in [0.05, 0.1) is 6.61 Å². The number of esters is 1. The van der Waals surface area contributed by atoms with Gasteiger partial charge in [0.1, 0.15) is 12.1 Å². The quantitative estimate of drug-likeness (QED) is 0.801. The summed E-state index contributed by atoms with van der Waals surface area (Å²) in [6, 6.07) is 8.68. The van der Waals surface area contributed by atoms with Crippen LogP contribution in [0.4, 0.5) is 5.69 Å². The lowest BCUT2D eigenvalue weighted by Crippen LogP contribution is -2.37. The molecule has 1 aromatic rings. The maximum Gasteiger partial charge on any atom is 0.331 e. The second-order valence-electron chi connectivity index (χ2n) is 4.94. The second-order valence-corrected chi connectivity index (χ2v) is 4.94. The number of carbonyl (C=O) groups is 1. The van der Waals surface area contributed by atoms with Gasteiger partial charge in [0.25, 0.3) is 0 Å². The first-order chi connectivity index (χ1) is 9.29. The second kappa shape index (κ2) is 7.14. The van der Waals surface area contributed by atoms with Crippen LogP contribution in [0.3, 0.4) is 0 Å². The molecule has 104 valence electrons. The molecular weight excluding hydrogens is 242 g/mol. The van der Waals surface area contributed by atoms with Crippen LogP contribution in [0.5, 0.6) is 0 Å². The average Bonchev–Trinajstić information content (AvgIpc) is 2.47. The van der Waals surface area contributed by atoms with E-state index in [-0.39, 0.29) is 18.7 Å². The Morgan fingerprint density at radius 2 is 1.95 bits per heavy atom. The molecule has 0 aromatic heterocycles. The molecule has 0 bridgehead atoms. The molecule has 1 fully saturated rings. The van der Waals surface area contributed by atoms with E-state index in [1.165, 1.54) is 6.42 Å². The first kappa shape index (κ1) is 13.9. The van der Waals surface area contributed by atoms with Crippen LogP contribution in [-0.2, 0) is 9.53 Å². The van der Waals surface area contributed by atoms with Crippen molar-refractivity contribution in [2.75, 3.05) is 11.9 Å². The van der Waals surface area contributed by atoms with Crippen molar-refractivity contribution in [3.63, 3.8) is 0 Å². The third kappa shape index (κ3) is 4.24. The third-order valence-corrected chi connectivity index (χ3v) is 3.42. The summed E-state index contributed by atoms with van der Waals surface area (Å²) in [6.07, 6.45) is 5.36. The van der Waals surface area contributed by atoms with Crippen LogP contribution in [0.1, 0.15) is 32.1 Å². The van der Waals surface area contributed by atoms with Crippen molar-refractivity contribution in [2.24, 2.45) is 0 Å². The van der Waals surface area contributed by atoms with Crippen molar-refractivity contribution in [3.05, 3.63) is 30.3 Å². The summed E-state index contributed by atoms with van der Waals surface area (Å²) < 4.78 is 5.46. The highest BCUT2D eigenvalue weighted by Crippen LogP contribution is 2.21. The fraction of sp³-hybridized carbons (Fsp3) is 0.533. The van der Waals surface area contributed by atoms with Crippen molar-refractivity contribution in [1.82, 2.24) is 0 Å². The summed E-state index contributed by atoms with van der Waals surface area (Å²) in [5.74, 6) is -0.363. The number of hydrogen-bond donors (Lipinski definition) is 2. The Morgan fingerprint density at radius 3 is 2.58 bits per heavy atom. The van der Waals surface area contributed by atoms with Crippen LogP contribution in [-0.4, -0.2) is 29.8 Å². The van der Waals surface area contributed by atoms with E-state index in [1.54, 1.807) is 0 Å². The number of aliphatic hydroxyl groups excluding tert-OH is 1. The highest BCUT2D eigenvalue weighted by Gasteiger charge is 2.24. The van der Waals surface area contributed by atoms with E-state index in [2.05, 4.69) is 5.32 Å².